The topological polar surface area (TPSA) is 58.1 Å². The van der Waals surface area contributed by atoms with Crippen LogP contribution in [0.15, 0.2) is 24.3 Å². The molecule has 1 aliphatic rings. The van der Waals surface area contributed by atoms with Crippen LogP contribution in [-0.4, -0.2) is 15.1 Å². The molecule has 17 heavy (non-hydrogen) atoms. The van der Waals surface area contributed by atoms with E-state index in [1.165, 1.54) is 5.56 Å². The van der Waals surface area contributed by atoms with Crippen LogP contribution in [0, 0.1) is 0 Å². The molecule has 2 heterocycles. The Bertz CT molecular complexity index is 523. The Hall–Kier alpha value is -1.97. The molecule has 3 rings (SSSR count). The second-order valence-electron chi connectivity index (χ2n) is 4.20. The Morgan fingerprint density at radius 3 is 3.00 bits per heavy atom. The Morgan fingerprint density at radius 2 is 2.29 bits per heavy atom. The number of aryl methyl sites for hydroxylation is 1. The van der Waals surface area contributed by atoms with Gasteiger partial charge in [0.25, 0.3) is 0 Å². The first-order chi connectivity index (χ1) is 8.28. The van der Waals surface area contributed by atoms with Crippen molar-refractivity contribution >= 4 is 0 Å². The highest BCUT2D eigenvalue weighted by molar-refractivity contribution is 5.38. The van der Waals surface area contributed by atoms with Crippen molar-refractivity contribution in [1.29, 1.82) is 0 Å². The first-order valence-corrected chi connectivity index (χ1v) is 5.80. The van der Waals surface area contributed by atoms with E-state index in [-0.39, 0.29) is 12.0 Å². The summed E-state index contributed by atoms with van der Waals surface area (Å²) in [7, 11) is 0. The standard InChI is InChI=1S/C13H14N2O2/c1-2-9-13(16)15-12(14-9)11-7-8-5-3-4-6-10(8)17-11/h3-6,11,16H,2,7H2,1H3,(H,14,15). The molecule has 1 aromatic carbocycles. The van der Waals surface area contributed by atoms with E-state index in [0.717, 1.165) is 24.3 Å². The van der Waals surface area contributed by atoms with Crippen molar-refractivity contribution < 1.29 is 9.84 Å². The minimum absolute atomic E-state index is 0.0852. The SMILES string of the molecule is CCc1[nH]c(C2Cc3ccccc3O2)nc1O. The molecule has 0 saturated carbocycles. The number of rotatable bonds is 2. The molecular weight excluding hydrogens is 216 g/mol. The molecule has 0 radical (unpaired) electrons. The molecular formula is C13H14N2O2. The number of para-hydroxylation sites is 1. The Kier molecular flexibility index (Phi) is 2.28. The second kappa shape index (κ2) is 3.80. The summed E-state index contributed by atoms with van der Waals surface area (Å²) in [6.07, 6.45) is 1.42. The van der Waals surface area contributed by atoms with Gasteiger partial charge in [-0.05, 0) is 18.1 Å². The number of hydrogen-bond donors (Lipinski definition) is 2. The van der Waals surface area contributed by atoms with Gasteiger partial charge in [-0.25, -0.2) is 0 Å². The van der Waals surface area contributed by atoms with E-state index >= 15 is 0 Å². The summed E-state index contributed by atoms with van der Waals surface area (Å²) >= 11 is 0. The molecule has 1 atom stereocenters. The Labute approximate surface area is 99.3 Å². The molecule has 1 aromatic heterocycles. The van der Waals surface area contributed by atoms with Crippen LogP contribution in [0.5, 0.6) is 11.6 Å². The lowest BCUT2D eigenvalue weighted by atomic mass is 10.1. The fourth-order valence-electron chi connectivity index (χ4n) is 2.15. The van der Waals surface area contributed by atoms with Gasteiger partial charge >= 0.3 is 0 Å². The second-order valence-corrected chi connectivity index (χ2v) is 4.20. The predicted octanol–water partition coefficient (Wildman–Crippen LogP) is 2.35. The third kappa shape index (κ3) is 1.65. The molecule has 0 saturated heterocycles. The average molecular weight is 230 g/mol. The maximum absolute atomic E-state index is 9.61. The van der Waals surface area contributed by atoms with Crippen LogP contribution in [-0.2, 0) is 12.8 Å². The zero-order valence-corrected chi connectivity index (χ0v) is 9.60. The fourth-order valence-corrected chi connectivity index (χ4v) is 2.15. The van der Waals surface area contributed by atoms with E-state index in [1.807, 2.05) is 25.1 Å². The van der Waals surface area contributed by atoms with Gasteiger partial charge in [0.1, 0.15) is 5.75 Å². The van der Waals surface area contributed by atoms with Crippen molar-refractivity contribution in [3.63, 3.8) is 0 Å². The molecule has 1 aliphatic heterocycles. The third-order valence-electron chi connectivity index (χ3n) is 3.08. The van der Waals surface area contributed by atoms with Crippen LogP contribution in [0.4, 0.5) is 0 Å². The summed E-state index contributed by atoms with van der Waals surface area (Å²) in [6.45, 7) is 1.97. The minimum atomic E-state index is -0.112. The number of fused-ring (bicyclic) bond motifs is 1. The molecule has 2 N–H and O–H groups in total. The number of H-pyrrole nitrogens is 1. The van der Waals surface area contributed by atoms with Crippen molar-refractivity contribution in [2.45, 2.75) is 25.9 Å². The molecule has 4 heteroatoms. The summed E-state index contributed by atoms with van der Waals surface area (Å²) in [5, 5.41) is 9.61. The van der Waals surface area contributed by atoms with E-state index in [0.29, 0.717) is 5.82 Å². The number of aromatic amines is 1. The highest BCUT2D eigenvalue weighted by atomic mass is 16.5. The number of hydrogen-bond acceptors (Lipinski definition) is 3. The van der Waals surface area contributed by atoms with Crippen molar-refractivity contribution in [3.05, 3.63) is 41.3 Å². The number of nitrogens with one attached hydrogen (secondary N) is 1. The third-order valence-corrected chi connectivity index (χ3v) is 3.08. The Morgan fingerprint density at radius 1 is 1.47 bits per heavy atom. The fraction of sp³-hybridized carbons (Fsp3) is 0.308. The lowest BCUT2D eigenvalue weighted by Crippen LogP contribution is -2.05. The first kappa shape index (κ1) is 10.2. The summed E-state index contributed by atoms with van der Waals surface area (Å²) in [5.74, 6) is 1.70. The van der Waals surface area contributed by atoms with Gasteiger partial charge < -0.3 is 14.8 Å². The maximum Gasteiger partial charge on any atom is 0.232 e. The van der Waals surface area contributed by atoms with Crippen LogP contribution in [0.1, 0.15) is 30.1 Å². The van der Waals surface area contributed by atoms with Gasteiger partial charge in [0.15, 0.2) is 11.9 Å². The van der Waals surface area contributed by atoms with Crippen LogP contribution < -0.4 is 4.74 Å². The lowest BCUT2D eigenvalue weighted by Gasteiger charge is -2.06. The highest BCUT2D eigenvalue weighted by Gasteiger charge is 2.27. The zero-order valence-electron chi connectivity index (χ0n) is 9.60. The van der Waals surface area contributed by atoms with E-state index < -0.39 is 0 Å². The molecule has 88 valence electrons. The summed E-state index contributed by atoms with van der Waals surface area (Å²) in [4.78, 5) is 7.24. The van der Waals surface area contributed by atoms with Crippen LogP contribution in [0.25, 0.3) is 0 Å². The molecule has 0 bridgehead atoms. The highest BCUT2D eigenvalue weighted by Crippen LogP contribution is 2.36. The monoisotopic (exact) mass is 230 g/mol. The molecule has 0 amide bonds. The first-order valence-electron chi connectivity index (χ1n) is 5.80. The van der Waals surface area contributed by atoms with E-state index in [9.17, 15) is 5.11 Å². The quantitative estimate of drug-likeness (QED) is 0.832. The van der Waals surface area contributed by atoms with Crippen LogP contribution in [0.2, 0.25) is 0 Å². The molecule has 2 aromatic rings. The maximum atomic E-state index is 9.61. The lowest BCUT2D eigenvalue weighted by molar-refractivity contribution is 0.228. The predicted molar refractivity (Wildman–Crippen MR) is 63.1 cm³/mol. The minimum Gasteiger partial charge on any atom is -0.492 e. The van der Waals surface area contributed by atoms with Gasteiger partial charge in [-0.15, -0.1) is 0 Å². The van der Waals surface area contributed by atoms with Gasteiger partial charge in [-0.1, -0.05) is 25.1 Å². The molecule has 0 fully saturated rings. The smallest absolute Gasteiger partial charge is 0.232 e. The van der Waals surface area contributed by atoms with E-state index in [1.54, 1.807) is 0 Å². The summed E-state index contributed by atoms with van der Waals surface area (Å²) in [5.41, 5.74) is 1.95. The van der Waals surface area contributed by atoms with Crippen molar-refractivity contribution in [2.24, 2.45) is 0 Å². The van der Waals surface area contributed by atoms with Crippen molar-refractivity contribution in [2.75, 3.05) is 0 Å². The van der Waals surface area contributed by atoms with E-state index in [4.69, 9.17) is 4.74 Å². The number of nitrogens with zero attached hydrogens (tertiary/aromatic N) is 1. The molecule has 1 unspecified atom stereocenters. The Balaban J connectivity index is 1.88. The zero-order chi connectivity index (χ0) is 11.8. The molecule has 4 nitrogen and oxygen atoms in total. The van der Waals surface area contributed by atoms with Crippen LogP contribution >= 0.6 is 0 Å². The number of imidazole rings is 1. The summed E-state index contributed by atoms with van der Waals surface area (Å²) in [6, 6.07) is 7.97. The van der Waals surface area contributed by atoms with Gasteiger partial charge in [0.2, 0.25) is 5.88 Å². The summed E-state index contributed by atoms with van der Waals surface area (Å²) < 4.78 is 5.80. The average Bonchev–Trinajstić information content (AvgIpc) is 2.91. The number of aromatic hydroxyl groups is 1. The van der Waals surface area contributed by atoms with Gasteiger partial charge in [0, 0.05) is 6.42 Å². The normalized spacial score (nSPS) is 17.8. The van der Waals surface area contributed by atoms with Crippen LogP contribution in [0.3, 0.4) is 0 Å². The number of benzene rings is 1. The number of ether oxygens (including phenoxy) is 1. The van der Waals surface area contributed by atoms with Gasteiger partial charge in [0.05, 0.1) is 5.69 Å². The largest absolute Gasteiger partial charge is 0.492 e. The number of aromatic nitrogens is 2. The van der Waals surface area contributed by atoms with Gasteiger partial charge in [-0.2, -0.15) is 4.98 Å². The van der Waals surface area contributed by atoms with Crippen molar-refractivity contribution in [3.8, 4) is 11.6 Å². The van der Waals surface area contributed by atoms with Gasteiger partial charge in [-0.3, -0.25) is 0 Å². The molecule has 0 spiro atoms. The van der Waals surface area contributed by atoms with Crippen molar-refractivity contribution in [1.82, 2.24) is 9.97 Å². The molecule has 0 aliphatic carbocycles. The van der Waals surface area contributed by atoms with E-state index in [2.05, 4.69) is 16.0 Å².